The van der Waals surface area contributed by atoms with Crippen molar-refractivity contribution in [2.24, 2.45) is 12.0 Å². The van der Waals surface area contributed by atoms with Gasteiger partial charge in [-0.05, 0) is 40.2 Å². The van der Waals surface area contributed by atoms with Crippen molar-refractivity contribution in [1.29, 1.82) is 0 Å². The maximum atomic E-state index is 12.6. The first-order valence-electron chi connectivity index (χ1n) is 7.09. The zero-order chi connectivity index (χ0) is 17.3. The van der Waals surface area contributed by atoms with Crippen LogP contribution in [0.15, 0.2) is 45.9 Å². The maximum Gasteiger partial charge on any atom is 0.279 e. The van der Waals surface area contributed by atoms with Crippen LogP contribution in [0.5, 0.6) is 11.5 Å². The quantitative estimate of drug-likeness (QED) is 0.665. The Morgan fingerprint density at radius 3 is 2.42 bits per heavy atom. The van der Waals surface area contributed by atoms with E-state index in [1.165, 1.54) is 11.3 Å². The monoisotopic (exact) mass is 406 g/mol. The zero-order valence-corrected chi connectivity index (χ0v) is 15.8. The second-order valence-corrected chi connectivity index (χ2v) is 6.91. The van der Waals surface area contributed by atoms with Crippen LogP contribution in [0.2, 0.25) is 0 Å². The Balaban J connectivity index is 2.11. The molecule has 0 spiro atoms. The highest BCUT2D eigenvalue weighted by molar-refractivity contribution is 9.10. The van der Waals surface area contributed by atoms with E-state index in [1.807, 2.05) is 29.8 Å². The second kappa shape index (κ2) is 6.78. The van der Waals surface area contributed by atoms with Crippen molar-refractivity contribution in [3.05, 3.63) is 51.2 Å². The van der Waals surface area contributed by atoms with Crippen LogP contribution in [0.4, 0.5) is 0 Å². The Labute approximate surface area is 151 Å². The molecule has 0 saturated carbocycles. The molecule has 24 heavy (non-hydrogen) atoms. The zero-order valence-electron chi connectivity index (χ0n) is 13.4. The van der Waals surface area contributed by atoms with E-state index in [4.69, 9.17) is 9.47 Å². The first-order valence-corrected chi connectivity index (χ1v) is 8.70. The summed E-state index contributed by atoms with van der Waals surface area (Å²) in [5.41, 5.74) is 1.43. The van der Waals surface area contributed by atoms with E-state index in [2.05, 4.69) is 20.9 Å². The number of para-hydroxylation sites is 1. The summed E-state index contributed by atoms with van der Waals surface area (Å²) >= 11 is 5.00. The molecule has 0 saturated heterocycles. The minimum atomic E-state index is -0.342. The fraction of sp³-hybridized carbons (Fsp3) is 0.176. The van der Waals surface area contributed by atoms with Crippen LogP contribution >= 0.6 is 27.3 Å². The number of aryl methyl sites for hydroxylation is 1. The highest BCUT2D eigenvalue weighted by atomic mass is 79.9. The molecule has 0 fully saturated rings. The summed E-state index contributed by atoms with van der Waals surface area (Å²) in [6, 6.07) is 10.9. The molecule has 0 N–H and O–H groups in total. The molecule has 7 heteroatoms. The molecule has 3 rings (SSSR count). The van der Waals surface area contributed by atoms with Gasteiger partial charge in [-0.25, -0.2) is 0 Å². The number of ether oxygens (including phenoxy) is 2. The Bertz CT molecular complexity index is 969. The topological polar surface area (TPSA) is 52.8 Å². The lowest BCUT2D eigenvalue weighted by Gasteiger charge is -2.06. The smallest absolute Gasteiger partial charge is 0.279 e. The molecule has 2 aromatic carbocycles. The lowest BCUT2D eigenvalue weighted by Crippen LogP contribution is -2.13. The second-order valence-electron chi connectivity index (χ2n) is 5.05. The number of aromatic nitrogens is 1. The number of nitrogens with zero attached hydrogens (tertiary/aromatic N) is 2. The molecule has 5 nitrogen and oxygen atoms in total. The third-order valence-corrected chi connectivity index (χ3v) is 5.31. The van der Waals surface area contributed by atoms with Crippen molar-refractivity contribution < 1.29 is 14.3 Å². The van der Waals surface area contributed by atoms with Gasteiger partial charge in [-0.2, -0.15) is 4.99 Å². The average molecular weight is 407 g/mol. The van der Waals surface area contributed by atoms with Gasteiger partial charge in [0.2, 0.25) is 0 Å². The molecular formula is C17H15BrN2O3S. The van der Waals surface area contributed by atoms with Gasteiger partial charge in [-0.1, -0.05) is 17.4 Å². The highest BCUT2D eigenvalue weighted by Crippen LogP contribution is 2.25. The van der Waals surface area contributed by atoms with Crippen molar-refractivity contribution >= 4 is 43.4 Å². The first-order chi connectivity index (χ1) is 11.5. The number of carbonyl (C=O) groups is 1. The van der Waals surface area contributed by atoms with Crippen molar-refractivity contribution in [2.75, 3.05) is 14.2 Å². The number of fused-ring (bicyclic) bond motifs is 1. The summed E-state index contributed by atoms with van der Waals surface area (Å²) in [5.74, 6) is 0.762. The van der Waals surface area contributed by atoms with E-state index in [-0.39, 0.29) is 5.91 Å². The molecule has 3 aromatic rings. The van der Waals surface area contributed by atoms with Crippen LogP contribution in [0.25, 0.3) is 10.2 Å². The van der Waals surface area contributed by atoms with Gasteiger partial charge in [0.15, 0.2) is 4.80 Å². The van der Waals surface area contributed by atoms with E-state index >= 15 is 0 Å². The van der Waals surface area contributed by atoms with Crippen molar-refractivity contribution in [3.63, 3.8) is 0 Å². The molecule has 0 aliphatic rings. The number of hydrogen-bond donors (Lipinski definition) is 0. The van der Waals surface area contributed by atoms with Crippen LogP contribution in [-0.2, 0) is 7.05 Å². The van der Waals surface area contributed by atoms with Gasteiger partial charge in [-0.15, -0.1) is 0 Å². The third-order valence-electron chi connectivity index (χ3n) is 3.57. The Morgan fingerprint density at radius 1 is 1.17 bits per heavy atom. The van der Waals surface area contributed by atoms with E-state index in [9.17, 15) is 4.79 Å². The molecule has 0 atom stereocenters. The van der Waals surface area contributed by atoms with Crippen LogP contribution in [0, 0.1) is 0 Å². The Hall–Kier alpha value is -2.12. The average Bonchev–Trinajstić information content (AvgIpc) is 2.91. The molecule has 0 unspecified atom stereocenters. The largest absolute Gasteiger partial charge is 0.497 e. The summed E-state index contributed by atoms with van der Waals surface area (Å²) in [5, 5.41) is 0. The SMILES string of the molecule is COc1cc(OC)cc(C(=O)N=c2sc3cccc(Br)c3n2C)c1. The van der Waals surface area contributed by atoms with Gasteiger partial charge in [0.25, 0.3) is 5.91 Å². The molecule has 0 aliphatic carbocycles. The number of halogens is 1. The lowest BCUT2D eigenvalue weighted by molar-refractivity contribution is 0.0997. The van der Waals surface area contributed by atoms with Gasteiger partial charge >= 0.3 is 0 Å². The Kier molecular flexibility index (Phi) is 4.73. The molecule has 0 bridgehead atoms. The summed E-state index contributed by atoms with van der Waals surface area (Å²) < 4.78 is 14.3. The summed E-state index contributed by atoms with van der Waals surface area (Å²) in [6.45, 7) is 0. The number of hydrogen-bond acceptors (Lipinski definition) is 4. The number of methoxy groups -OCH3 is 2. The maximum absolute atomic E-state index is 12.6. The van der Waals surface area contributed by atoms with Crippen molar-refractivity contribution in [2.45, 2.75) is 0 Å². The molecule has 0 aliphatic heterocycles. The molecule has 1 aromatic heterocycles. The third kappa shape index (κ3) is 3.09. The highest BCUT2D eigenvalue weighted by Gasteiger charge is 2.11. The van der Waals surface area contributed by atoms with Gasteiger partial charge in [-0.3, -0.25) is 4.79 Å². The summed E-state index contributed by atoms with van der Waals surface area (Å²) in [6.07, 6.45) is 0. The number of rotatable bonds is 3. The van der Waals surface area contributed by atoms with Crippen molar-refractivity contribution in [3.8, 4) is 11.5 Å². The van der Waals surface area contributed by atoms with E-state index in [0.717, 1.165) is 14.7 Å². The first kappa shape index (κ1) is 16.7. The number of thiazole rings is 1. The standard InChI is InChI=1S/C17H15BrN2O3S/c1-20-15-13(18)5-4-6-14(15)24-17(20)19-16(21)10-7-11(22-2)9-12(8-10)23-3/h4-9H,1-3H3. The number of benzene rings is 2. The van der Waals surface area contributed by atoms with E-state index in [1.54, 1.807) is 32.4 Å². The van der Waals surface area contributed by atoms with Crippen molar-refractivity contribution in [1.82, 2.24) is 4.57 Å². The normalized spacial score (nSPS) is 11.8. The fourth-order valence-electron chi connectivity index (χ4n) is 2.35. The van der Waals surface area contributed by atoms with Gasteiger partial charge in [0.05, 0.1) is 24.4 Å². The number of carbonyl (C=O) groups excluding carboxylic acids is 1. The molecular weight excluding hydrogens is 392 g/mol. The van der Waals surface area contributed by atoms with E-state index < -0.39 is 0 Å². The summed E-state index contributed by atoms with van der Waals surface area (Å²) in [7, 11) is 4.98. The van der Waals surface area contributed by atoms with Crippen LogP contribution in [-0.4, -0.2) is 24.7 Å². The minimum Gasteiger partial charge on any atom is -0.497 e. The fourth-order valence-corrected chi connectivity index (χ4v) is 4.15. The molecule has 0 radical (unpaired) electrons. The van der Waals surface area contributed by atoms with E-state index in [0.29, 0.717) is 21.9 Å². The van der Waals surface area contributed by atoms with Gasteiger partial charge in [0, 0.05) is 23.2 Å². The predicted molar refractivity (Wildman–Crippen MR) is 97.9 cm³/mol. The van der Waals surface area contributed by atoms with Gasteiger partial charge < -0.3 is 14.0 Å². The summed E-state index contributed by atoms with van der Waals surface area (Å²) in [4.78, 5) is 17.5. The minimum absolute atomic E-state index is 0.342. The lowest BCUT2D eigenvalue weighted by atomic mass is 10.2. The van der Waals surface area contributed by atoms with Crippen LogP contribution in [0.3, 0.4) is 0 Å². The molecule has 1 heterocycles. The molecule has 1 amide bonds. The van der Waals surface area contributed by atoms with Gasteiger partial charge in [0.1, 0.15) is 11.5 Å². The molecule has 124 valence electrons. The predicted octanol–water partition coefficient (Wildman–Crippen LogP) is 3.76. The van der Waals surface area contributed by atoms with Crippen LogP contribution in [0.1, 0.15) is 10.4 Å². The Morgan fingerprint density at radius 2 is 1.83 bits per heavy atom. The number of amides is 1. The van der Waals surface area contributed by atoms with Crippen LogP contribution < -0.4 is 14.3 Å².